The van der Waals surface area contributed by atoms with E-state index in [-0.39, 0.29) is 41.7 Å². The molecule has 1 unspecified atom stereocenters. The fourth-order valence-corrected chi connectivity index (χ4v) is 5.71. The van der Waals surface area contributed by atoms with Crippen molar-refractivity contribution < 1.29 is 58.2 Å². The average molecular weight is 642 g/mol. The molecule has 2 aromatic carbocycles. The summed E-state index contributed by atoms with van der Waals surface area (Å²) in [5, 5.41) is 0. The van der Waals surface area contributed by atoms with E-state index in [1.807, 2.05) is 0 Å². The second-order valence-corrected chi connectivity index (χ2v) is 11.3. The smallest absolute Gasteiger partial charge is 0.416 e. The van der Waals surface area contributed by atoms with Crippen molar-refractivity contribution in [3.05, 3.63) is 69.5 Å². The number of halogens is 10. The molecule has 14 heteroatoms. The molecule has 0 N–H and O–H groups in total. The van der Waals surface area contributed by atoms with E-state index in [2.05, 4.69) is 0 Å². The number of benzene rings is 2. The fourth-order valence-electron chi connectivity index (χ4n) is 5.71. The molecule has 242 valence electrons. The summed E-state index contributed by atoms with van der Waals surface area (Å²) in [6.45, 7) is 4.32. The van der Waals surface area contributed by atoms with E-state index < -0.39 is 78.2 Å². The molecule has 3 atom stereocenters. The molecule has 1 aliphatic heterocycles. The minimum atomic E-state index is -5.14. The fraction of sp³-hybridized carbons (Fsp3) is 0.500. The first-order valence-corrected chi connectivity index (χ1v) is 13.6. The first kappa shape index (κ1) is 33.4. The third-order valence-electron chi connectivity index (χ3n) is 8.08. The molecule has 1 aliphatic carbocycles. The van der Waals surface area contributed by atoms with Gasteiger partial charge in [-0.1, -0.05) is 13.8 Å². The number of carbonyl (C=O) groups excluding carboxylic acids is 1. The van der Waals surface area contributed by atoms with E-state index in [0.717, 1.165) is 11.0 Å². The Balaban J connectivity index is 1.78. The number of hydrogen-bond acceptors (Lipinski definition) is 3. The van der Waals surface area contributed by atoms with Crippen LogP contribution in [0, 0.1) is 11.7 Å². The predicted molar refractivity (Wildman–Crippen MR) is 139 cm³/mol. The van der Waals surface area contributed by atoms with Crippen LogP contribution in [0.4, 0.5) is 48.7 Å². The van der Waals surface area contributed by atoms with Gasteiger partial charge in [-0.05, 0) is 78.6 Å². The Morgan fingerprint density at radius 3 is 2.05 bits per heavy atom. The third-order valence-corrected chi connectivity index (χ3v) is 8.08. The Morgan fingerprint density at radius 1 is 0.955 bits per heavy atom. The van der Waals surface area contributed by atoms with Crippen LogP contribution < -0.4 is 4.74 Å². The Labute approximate surface area is 246 Å². The number of allylic oxidation sites excluding steroid dienone is 1. The molecule has 4 nitrogen and oxygen atoms in total. The number of amides is 1. The number of hydrogen-bond donors (Lipinski definition) is 0. The van der Waals surface area contributed by atoms with Crippen molar-refractivity contribution in [2.45, 2.75) is 76.6 Å². The van der Waals surface area contributed by atoms with Crippen LogP contribution in [0.1, 0.15) is 79.9 Å². The van der Waals surface area contributed by atoms with E-state index in [4.69, 9.17) is 9.47 Å². The van der Waals surface area contributed by atoms with Gasteiger partial charge in [0, 0.05) is 18.2 Å². The molecule has 1 heterocycles. The van der Waals surface area contributed by atoms with Gasteiger partial charge in [0.05, 0.1) is 30.2 Å². The largest absolute Gasteiger partial charge is 0.496 e. The van der Waals surface area contributed by atoms with E-state index in [1.54, 1.807) is 13.8 Å². The molecule has 1 fully saturated rings. The van der Waals surface area contributed by atoms with Gasteiger partial charge in [0.15, 0.2) is 0 Å². The number of nitrogens with zero attached hydrogens (tertiary/aromatic N) is 1. The van der Waals surface area contributed by atoms with Gasteiger partial charge in [0.25, 0.3) is 0 Å². The Hall–Kier alpha value is -3.45. The van der Waals surface area contributed by atoms with Crippen molar-refractivity contribution in [1.29, 1.82) is 0 Å². The van der Waals surface area contributed by atoms with Crippen molar-refractivity contribution in [1.82, 2.24) is 4.90 Å². The van der Waals surface area contributed by atoms with Gasteiger partial charge in [-0.15, -0.1) is 0 Å². The summed E-state index contributed by atoms with van der Waals surface area (Å²) in [6, 6.07) is 2.30. The van der Waals surface area contributed by atoms with E-state index >= 15 is 0 Å². The summed E-state index contributed by atoms with van der Waals surface area (Å²) in [6.07, 6.45) is -18.5. The Kier molecular flexibility index (Phi) is 8.98. The van der Waals surface area contributed by atoms with Gasteiger partial charge in [-0.3, -0.25) is 4.90 Å². The molecule has 2 aliphatic rings. The number of ether oxygens (including phenoxy) is 2. The molecule has 0 aromatic heterocycles. The highest BCUT2D eigenvalue weighted by molar-refractivity contribution is 5.77. The lowest BCUT2D eigenvalue weighted by molar-refractivity contribution is -0.176. The number of alkyl halides is 9. The summed E-state index contributed by atoms with van der Waals surface area (Å²) in [4.78, 5) is 14.0. The molecule has 44 heavy (non-hydrogen) atoms. The van der Waals surface area contributed by atoms with Crippen LogP contribution in [0.3, 0.4) is 0 Å². The van der Waals surface area contributed by atoms with Crippen LogP contribution >= 0.6 is 0 Å². The monoisotopic (exact) mass is 641 g/mol. The maximum Gasteiger partial charge on any atom is 0.416 e. The molecule has 0 bridgehead atoms. The normalized spacial score (nSPS) is 21.8. The molecule has 0 radical (unpaired) electrons. The molecular weight excluding hydrogens is 612 g/mol. The Bertz CT molecular complexity index is 1410. The van der Waals surface area contributed by atoms with Gasteiger partial charge in [0.1, 0.15) is 17.7 Å². The maximum atomic E-state index is 14.7. The van der Waals surface area contributed by atoms with Crippen molar-refractivity contribution in [3.63, 3.8) is 0 Å². The highest BCUT2D eigenvalue weighted by Gasteiger charge is 2.46. The molecule has 2 aromatic rings. The minimum Gasteiger partial charge on any atom is -0.496 e. The first-order chi connectivity index (χ1) is 20.2. The summed E-state index contributed by atoms with van der Waals surface area (Å²) in [7, 11) is 1.27. The SMILES string of the molecule is COc1cc(F)c(C(C)C)cc1C1=C(CN2C(=O)O[C@H](c3cc(C(F)(F)F)cc(C(F)(F)F)c3)[C@@H]2C)CC(C(F)(F)F)CC1. The van der Waals surface area contributed by atoms with Crippen molar-refractivity contribution in [2.24, 2.45) is 5.92 Å². The van der Waals surface area contributed by atoms with E-state index in [1.165, 1.54) is 20.1 Å². The minimum absolute atomic E-state index is 0.0550. The van der Waals surface area contributed by atoms with Crippen molar-refractivity contribution in [3.8, 4) is 5.75 Å². The van der Waals surface area contributed by atoms with Crippen molar-refractivity contribution in [2.75, 3.05) is 13.7 Å². The number of rotatable bonds is 6. The van der Waals surface area contributed by atoms with Crippen molar-refractivity contribution >= 4 is 11.7 Å². The number of cyclic esters (lactones) is 1. The summed E-state index contributed by atoms with van der Waals surface area (Å²) in [5.41, 5.74) is -2.63. The lowest BCUT2D eigenvalue weighted by Crippen LogP contribution is -2.36. The lowest BCUT2D eigenvalue weighted by atomic mass is 9.79. The molecule has 1 amide bonds. The van der Waals surface area contributed by atoms with Crippen LogP contribution in [0.5, 0.6) is 5.75 Å². The highest BCUT2D eigenvalue weighted by Crippen LogP contribution is 2.47. The van der Waals surface area contributed by atoms with Gasteiger partial charge in [0.2, 0.25) is 0 Å². The van der Waals surface area contributed by atoms with Gasteiger partial charge in [-0.25, -0.2) is 9.18 Å². The second kappa shape index (κ2) is 11.8. The van der Waals surface area contributed by atoms with Crippen LogP contribution in [0.25, 0.3) is 5.57 Å². The zero-order valence-electron chi connectivity index (χ0n) is 24.0. The zero-order valence-corrected chi connectivity index (χ0v) is 24.0. The van der Waals surface area contributed by atoms with Crippen LogP contribution in [0.15, 0.2) is 35.9 Å². The molecule has 1 saturated heterocycles. The first-order valence-electron chi connectivity index (χ1n) is 13.6. The summed E-state index contributed by atoms with van der Waals surface area (Å²) < 4.78 is 148. The van der Waals surface area contributed by atoms with Crippen LogP contribution in [0.2, 0.25) is 0 Å². The molecule has 0 saturated carbocycles. The topological polar surface area (TPSA) is 38.8 Å². The second-order valence-electron chi connectivity index (χ2n) is 11.3. The average Bonchev–Trinajstić information content (AvgIpc) is 3.19. The number of carbonyl (C=O) groups is 1. The lowest BCUT2D eigenvalue weighted by Gasteiger charge is -2.32. The summed E-state index contributed by atoms with van der Waals surface area (Å²) >= 11 is 0. The highest BCUT2D eigenvalue weighted by atomic mass is 19.4. The maximum absolute atomic E-state index is 14.7. The van der Waals surface area contributed by atoms with Gasteiger partial charge in [-0.2, -0.15) is 39.5 Å². The standard InChI is InChI=1S/C30H29F10NO3/c1-14(2)22-11-23(25(43-4)12-24(22)31)21-6-5-18(28(32,33)34)9-17(21)13-41-15(3)26(44-27(41)42)16-7-19(29(35,36)37)10-20(8-16)30(38,39)40/h7-8,10-12,14-15,18,26H,5-6,9,13H2,1-4H3/t15-,18?,26-/m0/s1. The van der Waals surface area contributed by atoms with Gasteiger partial charge < -0.3 is 9.47 Å². The Morgan fingerprint density at radius 2 is 1.55 bits per heavy atom. The van der Waals surface area contributed by atoms with Crippen LogP contribution in [-0.2, 0) is 17.1 Å². The van der Waals surface area contributed by atoms with Gasteiger partial charge >= 0.3 is 24.6 Å². The summed E-state index contributed by atoms with van der Waals surface area (Å²) in [5.74, 6) is -2.59. The molecule has 0 spiro atoms. The quantitative estimate of drug-likeness (QED) is 0.295. The van der Waals surface area contributed by atoms with E-state index in [0.29, 0.717) is 23.3 Å². The van der Waals surface area contributed by atoms with E-state index in [9.17, 15) is 48.7 Å². The van der Waals surface area contributed by atoms with Crippen LogP contribution in [-0.4, -0.2) is 36.9 Å². The molecular formula is C30H29F10NO3. The molecule has 4 rings (SSSR count). The third kappa shape index (κ3) is 6.78. The number of methoxy groups -OCH3 is 1. The zero-order chi connectivity index (χ0) is 32.9. The predicted octanol–water partition coefficient (Wildman–Crippen LogP) is 9.69.